The molecule has 0 saturated carbocycles. The van der Waals surface area contributed by atoms with Crippen molar-refractivity contribution in [2.75, 3.05) is 20.0 Å². The van der Waals surface area contributed by atoms with Gasteiger partial charge in [-0.3, -0.25) is 0 Å². The number of ether oxygens (including phenoxy) is 2. The number of carboxylic acids is 1. The average molecular weight is 241 g/mol. The normalized spacial score (nSPS) is 9.88. The molecule has 0 amide bonds. The minimum absolute atomic E-state index is 0.0274. The summed E-state index contributed by atoms with van der Waals surface area (Å²) < 4.78 is 10.4. The minimum Gasteiger partial charge on any atom is -0.549 e. The number of benzene rings is 1. The fourth-order valence-corrected chi connectivity index (χ4v) is 2.03. The van der Waals surface area contributed by atoms with Gasteiger partial charge in [-0.25, -0.2) is 0 Å². The lowest BCUT2D eigenvalue weighted by Gasteiger charge is -2.12. The molecule has 0 aliphatic heterocycles. The first-order valence-corrected chi connectivity index (χ1v) is 5.82. The van der Waals surface area contributed by atoms with Crippen molar-refractivity contribution in [1.82, 2.24) is 0 Å². The molecule has 0 saturated heterocycles. The van der Waals surface area contributed by atoms with E-state index < -0.39 is 5.97 Å². The molecule has 0 aliphatic carbocycles. The summed E-state index contributed by atoms with van der Waals surface area (Å²) in [5, 5.41) is 10.3. The zero-order valence-electron chi connectivity index (χ0n) is 9.19. The average Bonchev–Trinajstić information content (AvgIpc) is 2.28. The van der Waals surface area contributed by atoms with E-state index >= 15 is 0 Å². The first-order chi connectivity index (χ1) is 7.69. The van der Waals surface area contributed by atoms with Crippen molar-refractivity contribution < 1.29 is 19.4 Å². The van der Waals surface area contributed by atoms with Crippen molar-refractivity contribution in [3.05, 3.63) is 23.8 Å². The molecule has 0 bridgehead atoms. The van der Waals surface area contributed by atoms with E-state index in [9.17, 15) is 9.90 Å². The second kappa shape index (κ2) is 6.27. The number of carbonyl (C=O) groups excluding carboxylic acids is 1. The molecule has 0 fully saturated rings. The second-order valence-corrected chi connectivity index (χ2v) is 4.00. The Morgan fingerprint density at radius 2 is 2.12 bits per heavy atom. The summed E-state index contributed by atoms with van der Waals surface area (Å²) in [5.41, 5.74) is 0.910. The molecule has 0 radical (unpaired) electrons. The van der Waals surface area contributed by atoms with E-state index in [-0.39, 0.29) is 5.75 Å². The Balaban J connectivity index is 2.74. The van der Waals surface area contributed by atoms with Gasteiger partial charge in [0.1, 0.15) is 0 Å². The molecule has 88 valence electrons. The van der Waals surface area contributed by atoms with Crippen LogP contribution in [0.5, 0.6) is 11.5 Å². The monoisotopic (exact) mass is 241 g/mol. The maximum absolute atomic E-state index is 10.3. The summed E-state index contributed by atoms with van der Waals surface area (Å²) in [4.78, 5) is 10.3. The van der Waals surface area contributed by atoms with Gasteiger partial charge in [-0.05, 0) is 6.07 Å². The van der Waals surface area contributed by atoms with Crippen LogP contribution in [0.25, 0.3) is 0 Å². The number of carbonyl (C=O) groups is 1. The Hall–Kier alpha value is -1.36. The van der Waals surface area contributed by atoms with Crippen molar-refractivity contribution in [3.63, 3.8) is 0 Å². The fraction of sp³-hybridized carbons (Fsp3) is 0.364. The lowest BCUT2D eigenvalue weighted by atomic mass is 10.2. The SMILES string of the molecule is COc1cccc(CSCC(=O)[O-])c1OC. The van der Waals surface area contributed by atoms with Gasteiger partial charge in [0.05, 0.1) is 20.2 Å². The van der Waals surface area contributed by atoms with Crippen molar-refractivity contribution in [2.45, 2.75) is 5.75 Å². The number of rotatable bonds is 6. The predicted octanol–water partition coefficient (Wildman–Crippen LogP) is 0.687. The van der Waals surface area contributed by atoms with Crippen molar-refractivity contribution in [2.24, 2.45) is 0 Å². The van der Waals surface area contributed by atoms with E-state index in [2.05, 4.69) is 0 Å². The maximum atomic E-state index is 10.3. The van der Waals surface area contributed by atoms with E-state index in [1.165, 1.54) is 11.8 Å². The van der Waals surface area contributed by atoms with Gasteiger partial charge in [-0.1, -0.05) is 12.1 Å². The van der Waals surface area contributed by atoms with Crippen LogP contribution in [0.2, 0.25) is 0 Å². The van der Waals surface area contributed by atoms with Crippen LogP contribution in [0, 0.1) is 0 Å². The third kappa shape index (κ3) is 3.34. The first-order valence-electron chi connectivity index (χ1n) is 4.66. The molecule has 0 heterocycles. The van der Waals surface area contributed by atoms with Gasteiger partial charge in [0, 0.05) is 17.1 Å². The van der Waals surface area contributed by atoms with Crippen LogP contribution in [0.15, 0.2) is 18.2 Å². The van der Waals surface area contributed by atoms with Crippen molar-refractivity contribution in [3.8, 4) is 11.5 Å². The zero-order valence-corrected chi connectivity index (χ0v) is 10.0. The summed E-state index contributed by atoms with van der Waals surface area (Å²) in [5.74, 6) is 0.756. The Morgan fingerprint density at radius 3 is 2.69 bits per heavy atom. The maximum Gasteiger partial charge on any atom is 0.164 e. The molecule has 5 heteroatoms. The van der Waals surface area contributed by atoms with Crippen LogP contribution < -0.4 is 14.6 Å². The minimum atomic E-state index is -1.06. The molecule has 4 nitrogen and oxygen atoms in total. The molecule has 16 heavy (non-hydrogen) atoms. The molecular weight excluding hydrogens is 228 g/mol. The quantitative estimate of drug-likeness (QED) is 0.733. The first kappa shape index (κ1) is 12.7. The zero-order chi connectivity index (χ0) is 12.0. The number of para-hydroxylation sites is 1. The third-order valence-electron chi connectivity index (χ3n) is 1.96. The molecule has 0 unspecified atom stereocenters. The largest absolute Gasteiger partial charge is 0.549 e. The number of aliphatic carboxylic acids is 1. The Bertz CT molecular complexity index is 365. The second-order valence-electron chi connectivity index (χ2n) is 3.02. The predicted molar refractivity (Wildman–Crippen MR) is 60.7 cm³/mol. The van der Waals surface area contributed by atoms with Crippen molar-refractivity contribution in [1.29, 1.82) is 0 Å². The molecule has 0 N–H and O–H groups in total. The van der Waals surface area contributed by atoms with Gasteiger partial charge < -0.3 is 19.4 Å². The molecule has 1 aromatic carbocycles. The highest BCUT2D eigenvalue weighted by Crippen LogP contribution is 2.32. The molecule has 0 atom stereocenters. The summed E-state index contributed by atoms with van der Waals surface area (Å²) in [6, 6.07) is 5.52. The molecular formula is C11H13O4S-. The Labute approximate surface area is 98.6 Å². The number of carboxylic acid groups (broad SMARTS) is 1. The Morgan fingerprint density at radius 1 is 1.38 bits per heavy atom. The van der Waals surface area contributed by atoms with Crippen LogP contribution in [-0.4, -0.2) is 25.9 Å². The highest BCUT2D eigenvalue weighted by molar-refractivity contribution is 7.99. The van der Waals surface area contributed by atoms with Gasteiger partial charge in [-0.2, -0.15) is 11.8 Å². The van der Waals surface area contributed by atoms with Crippen molar-refractivity contribution >= 4 is 17.7 Å². The van der Waals surface area contributed by atoms with E-state index in [1.54, 1.807) is 20.3 Å². The van der Waals surface area contributed by atoms with E-state index in [0.29, 0.717) is 17.3 Å². The van der Waals surface area contributed by atoms with Gasteiger partial charge in [0.2, 0.25) is 0 Å². The van der Waals surface area contributed by atoms with Gasteiger partial charge in [-0.15, -0.1) is 0 Å². The summed E-state index contributed by atoms with van der Waals surface area (Å²) >= 11 is 1.27. The summed E-state index contributed by atoms with van der Waals surface area (Å²) in [6.07, 6.45) is 0. The molecule has 1 aromatic rings. The van der Waals surface area contributed by atoms with Gasteiger partial charge in [0.25, 0.3) is 0 Å². The standard InChI is InChI=1S/C11H14O4S/c1-14-9-5-3-4-8(11(9)15-2)6-16-7-10(12)13/h3-5H,6-7H2,1-2H3,(H,12,13)/p-1. The lowest BCUT2D eigenvalue weighted by molar-refractivity contribution is -0.301. The van der Waals surface area contributed by atoms with Crippen LogP contribution in [0.1, 0.15) is 5.56 Å². The van der Waals surface area contributed by atoms with Gasteiger partial charge in [0.15, 0.2) is 11.5 Å². The summed E-state index contributed by atoms with van der Waals surface area (Å²) in [7, 11) is 3.13. The summed E-state index contributed by atoms with van der Waals surface area (Å²) in [6.45, 7) is 0. The number of hydrogen-bond acceptors (Lipinski definition) is 5. The van der Waals surface area contributed by atoms with Crippen LogP contribution >= 0.6 is 11.8 Å². The van der Waals surface area contributed by atoms with Crippen LogP contribution in [0.4, 0.5) is 0 Å². The van der Waals surface area contributed by atoms with E-state index in [1.807, 2.05) is 12.1 Å². The van der Waals surface area contributed by atoms with E-state index in [0.717, 1.165) is 5.56 Å². The van der Waals surface area contributed by atoms with Crippen LogP contribution in [-0.2, 0) is 10.5 Å². The smallest absolute Gasteiger partial charge is 0.164 e. The number of methoxy groups -OCH3 is 2. The molecule has 0 spiro atoms. The number of thioether (sulfide) groups is 1. The highest BCUT2D eigenvalue weighted by atomic mass is 32.2. The Kier molecular flexibility index (Phi) is 4.98. The third-order valence-corrected chi connectivity index (χ3v) is 2.92. The molecule has 0 aromatic heterocycles. The fourth-order valence-electron chi connectivity index (χ4n) is 1.31. The van der Waals surface area contributed by atoms with Gasteiger partial charge >= 0.3 is 0 Å². The topological polar surface area (TPSA) is 58.6 Å². The van der Waals surface area contributed by atoms with E-state index in [4.69, 9.17) is 9.47 Å². The lowest BCUT2D eigenvalue weighted by Crippen LogP contribution is -2.24. The number of hydrogen-bond donors (Lipinski definition) is 0. The molecule has 1 rings (SSSR count). The highest BCUT2D eigenvalue weighted by Gasteiger charge is 2.08. The van der Waals surface area contributed by atoms with Crippen LogP contribution in [0.3, 0.4) is 0 Å². The molecule has 0 aliphatic rings.